The van der Waals surface area contributed by atoms with Crippen molar-refractivity contribution in [1.29, 1.82) is 0 Å². The summed E-state index contributed by atoms with van der Waals surface area (Å²) in [5.41, 5.74) is 0. The van der Waals surface area contributed by atoms with Gasteiger partial charge in [-0.25, -0.2) is 0 Å². The molecule has 0 N–H and O–H groups in total. The topological polar surface area (TPSA) is 39.4 Å². The van der Waals surface area contributed by atoms with Crippen LogP contribution in [-0.2, 0) is 0 Å². The van der Waals surface area contributed by atoms with Gasteiger partial charge in [-0.3, -0.25) is 0 Å². The zero-order valence-electron chi connectivity index (χ0n) is 11.2. The molecule has 3 aromatic heterocycles. The van der Waals surface area contributed by atoms with Crippen LogP contribution in [0.5, 0.6) is 0 Å². The first kappa shape index (κ1) is 12.4. The van der Waals surface area contributed by atoms with E-state index in [4.69, 9.17) is 13.3 Å². The molecule has 0 unspecified atom stereocenters. The SMILES string of the molecule is Cc1cc[c]([Ge]([c]2ccc(C)o2)[c]2ccc(C)o2)o1. The molecule has 0 amide bonds. The van der Waals surface area contributed by atoms with Crippen molar-refractivity contribution >= 4 is 28.1 Å². The Bertz CT molecular complexity index is 594. The van der Waals surface area contributed by atoms with Gasteiger partial charge in [0.05, 0.1) is 0 Å². The Hall–Kier alpha value is -1.62. The third kappa shape index (κ3) is 2.43. The normalized spacial score (nSPS) is 11.4. The van der Waals surface area contributed by atoms with Crippen molar-refractivity contribution in [2.45, 2.75) is 20.8 Å². The monoisotopic (exact) mass is 317 g/mol. The summed E-state index contributed by atoms with van der Waals surface area (Å²) in [5, 5.41) is 0. The van der Waals surface area contributed by atoms with Gasteiger partial charge in [-0.05, 0) is 0 Å². The average molecular weight is 316 g/mol. The molecule has 97 valence electrons. The molecule has 0 bridgehead atoms. The summed E-state index contributed by atoms with van der Waals surface area (Å²) in [6.45, 7) is 5.88. The van der Waals surface area contributed by atoms with E-state index in [1.165, 1.54) is 0 Å². The van der Waals surface area contributed by atoms with E-state index in [1.54, 1.807) is 0 Å². The molecular weight excluding hydrogens is 301 g/mol. The molecule has 19 heavy (non-hydrogen) atoms. The molecule has 3 rings (SSSR count). The van der Waals surface area contributed by atoms with Crippen LogP contribution in [0.3, 0.4) is 0 Å². The van der Waals surface area contributed by atoms with E-state index < -0.39 is 14.3 Å². The summed E-state index contributed by atoms with van der Waals surface area (Å²) < 4.78 is 20.5. The molecule has 0 spiro atoms. The van der Waals surface area contributed by atoms with Crippen LogP contribution in [0.4, 0.5) is 0 Å². The number of hydrogen-bond donors (Lipinski definition) is 0. The Morgan fingerprint density at radius 2 is 0.895 bits per heavy atom. The first-order valence-corrected chi connectivity index (χ1v) is 9.35. The van der Waals surface area contributed by atoms with Crippen LogP contribution in [0.2, 0.25) is 0 Å². The fourth-order valence-corrected chi connectivity index (χ4v) is 6.83. The standard InChI is InChI=1S/C15H15GeO3/c1-10-4-7-13(17-10)16(14-8-5-11(2)18-14)15-9-6-12(3)19-15/h4-9H,1-3H3. The third-order valence-corrected chi connectivity index (χ3v) is 7.75. The van der Waals surface area contributed by atoms with Crippen molar-refractivity contribution in [3.05, 3.63) is 53.7 Å². The Labute approximate surface area is 116 Å². The van der Waals surface area contributed by atoms with Gasteiger partial charge in [-0.15, -0.1) is 0 Å². The molecule has 0 aliphatic heterocycles. The van der Waals surface area contributed by atoms with E-state index >= 15 is 0 Å². The molecule has 0 saturated carbocycles. The maximum absolute atomic E-state index is 5.83. The molecule has 3 heterocycles. The Morgan fingerprint density at radius 3 is 1.11 bits per heavy atom. The summed E-state index contributed by atoms with van der Waals surface area (Å²) in [4.78, 5) is 0. The third-order valence-electron chi connectivity index (χ3n) is 2.96. The van der Waals surface area contributed by atoms with E-state index in [0.717, 1.165) is 31.1 Å². The van der Waals surface area contributed by atoms with Crippen LogP contribution in [0.15, 0.2) is 49.6 Å². The molecular formula is C15H15GeO3. The van der Waals surface area contributed by atoms with Crippen molar-refractivity contribution in [3.63, 3.8) is 0 Å². The van der Waals surface area contributed by atoms with E-state index in [1.807, 2.05) is 57.2 Å². The first-order chi connectivity index (χ1) is 9.13. The predicted octanol–water partition coefficient (Wildman–Crippen LogP) is 1.91. The van der Waals surface area contributed by atoms with E-state index in [9.17, 15) is 0 Å². The molecule has 0 saturated heterocycles. The summed E-state index contributed by atoms with van der Waals surface area (Å²) in [6, 6.07) is 12.1. The fraction of sp³-hybridized carbons (Fsp3) is 0.200. The summed E-state index contributed by atoms with van der Waals surface area (Å²) >= 11 is -2.07. The number of aryl methyl sites for hydroxylation is 3. The Morgan fingerprint density at radius 1 is 0.579 bits per heavy atom. The van der Waals surface area contributed by atoms with Crippen molar-refractivity contribution in [1.82, 2.24) is 0 Å². The van der Waals surface area contributed by atoms with Gasteiger partial charge in [0.15, 0.2) is 0 Å². The average Bonchev–Trinajstić information content (AvgIpc) is 3.05. The predicted molar refractivity (Wildman–Crippen MR) is 75.0 cm³/mol. The van der Waals surface area contributed by atoms with Crippen LogP contribution < -0.4 is 13.8 Å². The molecule has 4 heteroatoms. The van der Waals surface area contributed by atoms with Crippen molar-refractivity contribution in [3.8, 4) is 0 Å². The number of furan rings is 3. The molecule has 0 aliphatic rings. The van der Waals surface area contributed by atoms with Gasteiger partial charge in [0, 0.05) is 0 Å². The van der Waals surface area contributed by atoms with Crippen LogP contribution in [0.25, 0.3) is 0 Å². The Balaban J connectivity index is 2.10. The summed E-state index contributed by atoms with van der Waals surface area (Å²) in [7, 11) is 0. The summed E-state index contributed by atoms with van der Waals surface area (Å²) in [6.07, 6.45) is 0. The fourth-order valence-electron chi connectivity index (χ4n) is 2.07. The Kier molecular flexibility index (Phi) is 3.15. The van der Waals surface area contributed by atoms with Gasteiger partial charge in [-0.1, -0.05) is 0 Å². The van der Waals surface area contributed by atoms with Crippen LogP contribution in [0.1, 0.15) is 17.3 Å². The van der Waals surface area contributed by atoms with Crippen molar-refractivity contribution in [2.24, 2.45) is 0 Å². The van der Waals surface area contributed by atoms with Gasteiger partial charge in [-0.2, -0.15) is 0 Å². The number of rotatable bonds is 3. The first-order valence-electron chi connectivity index (χ1n) is 6.21. The van der Waals surface area contributed by atoms with Gasteiger partial charge in [0.1, 0.15) is 0 Å². The van der Waals surface area contributed by atoms with E-state index in [-0.39, 0.29) is 0 Å². The molecule has 0 atom stereocenters. The van der Waals surface area contributed by atoms with E-state index in [2.05, 4.69) is 0 Å². The second-order valence-electron chi connectivity index (χ2n) is 4.61. The minimum atomic E-state index is -2.07. The molecule has 0 aromatic carbocycles. The van der Waals surface area contributed by atoms with Crippen LogP contribution >= 0.6 is 0 Å². The van der Waals surface area contributed by atoms with Crippen molar-refractivity contribution in [2.75, 3.05) is 0 Å². The van der Waals surface area contributed by atoms with Crippen LogP contribution in [0, 0.1) is 20.8 Å². The van der Waals surface area contributed by atoms with Gasteiger partial charge in [0.25, 0.3) is 0 Å². The molecule has 0 fully saturated rings. The van der Waals surface area contributed by atoms with E-state index in [0.29, 0.717) is 0 Å². The maximum atomic E-state index is 5.83. The zero-order chi connectivity index (χ0) is 13.4. The number of hydrogen-bond acceptors (Lipinski definition) is 3. The quantitative estimate of drug-likeness (QED) is 0.693. The second kappa shape index (κ2) is 4.81. The minimum absolute atomic E-state index is 0.923. The summed E-state index contributed by atoms with van der Waals surface area (Å²) in [5.74, 6) is 2.77. The molecule has 1 radical (unpaired) electrons. The molecule has 3 nitrogen and oxygen atoms in total. The molecule has 0 aliphatic carbocycles. The zero-order valence-corrected chi connectivity index (χ0v) is 13.3. The second-order valence-corrected chi connectivity index (χ2v) is 9.28. The van der Waals surface area contributed by atoms with Gasteiger partial charge < -0.3 is 0 Å². The molecule has 3 aromatic rings. The van der Waals surface area contributed by atoms with Crippen molar-refractivity contribution < 1.29 is 13.3 Å². The van der Waals surface area contributed by atoms with Gasteiger partial charge in [0.2, 0.25) is 0 Å². The van der Waals surface area contributed by atoms with Gasteiger partial charge >= 0.3 is 116 Å². The van der Waals surface area contributed by atoms with Crippen LogP contribution in [-0.4, -0.2) is 14.3 Å².